The van der Waals surface area contributed by atoms with Crippen molar-refractivity contribution in [3.8, 4) is 0 Å². The molecule has 1 aliphatic rings. The molecule has 1 saturated heterocycles. The van der Waals surface area contributed by atoms with Gasteiger partial charge in [0.05, 0.1) is 24.2 Å². The fraction of sp³-hybridized carbons (Fsp3) is 0.818. The zero-order valence-electron chi connectivity index (χ0n) is 10.5. The Labute approximate surface area is 108 Å². The van der Waals surface area contributed by atoms with Crippen LogP contribution in [0.15, 0.2) is 0 Å². The standard InChI is InChI=1S/C11H21N3O2S/c1-9(13(2)4-3-10(12)17)11(15)14-5-7-16-8-6-14/h9H,3-8H2,1-2H3,(H2,12,17). The van der Waals surface area contributed by atoms with Crippen LogP contribution < -0.4 is 5.73 Å². The van der Waals surface area contributed by atoms with E-state index in [1.54, 1.807) is 0 Å². The molecule has 1 heterocycles. The summed E-state index contributed by atoms with van der Waals surface area (Å²) in [5.41, 5.74) is 5.45. The summed E-state index contributed by atoms with van der Waals surface area (Å²) in [7, 11) is 1.92. The summed E-state index contributed by atoms with van der Waals surface area (Å²) >= 11 is 4.83. The van der Waals surface area contributed by atoms with Gasteiger partial charge in [0.15, 0.2) is 0 Å². The largest absolute Gasteiger partial charge is 0.393 e. The third-order valence-corrected chi connectivity index (χ3v) is 3.26. The lowest BCUT2D eigenvalue weighted by molar-refractivity contribution is -0.140. The number of amides is 1. The summed E-state index contributed by atoms with van der Waals surface area (Å²) in [6.07, 6.45) is 0.645. The highest BCUT2D eigenvalue weighted by Gasteiger charge is 2.24. The molecule has 1 aliphatic heterocycles. The van der Waals surface area contributed by atoms with Gasteiger partial charge in [-0.15, -0.1) is 0 Å². The van der Waals surface area contributed by atoms with Crippen LogP contribution >= 0.6 is 12.2 Å². The highest BCUT2D eigenvalue weighted by Crippen LogP contribution is 2.05. The summed E-state index contributed by atoms with van der Waals surface area (Å²) in [6, 6.07) is -0.137. The number of nitrogens with zero attached hydrogens (tertiary/aromatic N) is 2. The van der Waals surface area contributed by atoms with Crippen molar-refractivity contribution in [3.05, 3.63) is 0 Å². The maximum absolute atomic E-state index is 12.1. The van der Waals surface area contributed by atoms with Crippen LogP contribution in [0.25, 0.3) is 0 Å². The number of likely N-dealkylation sites (N-methyl/N-ethyl adjacent to an activating group) is 1. The van der Waals surface area contributed by atoms with Crippen LogP contribution in [0.3, 0.4) is 0 Å². The van der Waals surface area contributed by atoms with Crippen LogP contribution in [0, 0.1) is 0 Å². The summed E-state index contributed by atoms with van der Waals surface area (Å²) in [6.45, 7) is 5.27. The molecule has 17 heavy (non-hydrogen) atoms. The zero-order chi connectivity index (χ0) is 12.8. The number of carbonyl (C=O) groups excluding carboxylic acids is 1. The van der Waals surface area contributed by atoms with Crippen molar-refractivity contribution < 1.29 is 9.53 Å². The zero-order valence-corrected chi connectivity index (χ0v) is 11.3. The topological polar surface area (TPSA) is 58.8 Å². The fourth-order valence-electron chi connectivity index (χ4n) is 1.72. The van der Waals surface area contributed by atoms with Gasteiger partial charge in [0.25, 0.3) is 0 Å². The minimum Gasteiger partial charge on any atom is -0.393 e. The van der Waals surface area contributed by atoms with Gasteiger partial charge in [0.2, 0.25) is 5.91 Å². The van der Waals surface area contributed by atoms with Crippen molar-refractivity contribution in [2.75, 3.05) is 39.9 Å². The Kier molecular flexibility index (Phi) is 5.80. The SMILES string of the molecule is CC(C(=O)N1CCOCC1)N(C)CCC(N)=S. The molecular weight excluding hydrogens is 238 g/mol. The Hall–Kier alpha value is -0.720. The van der Waals surface area contributed by atoms with Crippen LogP contribution in [0.2, 0.25) is 0 Å². The summed E-state index contributed by atoms with van der Waals surface area (Å²) in [5.74, 6) is 0.152. The Balaban J connectivity index is 2.41. The van der Waals surface area contributed by atoms with Gasteiger partial charge < -0.3 is 15.4 Å². The molecule has 1 unspecified atom stereocenters. The van der Waals surface area contributed by atoms with E-state index >= 15 is 0 Å². The van der Waals surface area contributed by atoms with E-state index in [0.29, 0.717) is 44.3 Å². The van der Waals surface area contributed by atoms with Gasteiger partial charge in [-0.1, -0.05) is 12.2 Å². The lowest BCUT2D eigenvalue weighted by Crippen LogP contribution is -2.50. The molecule has 1 atom stereocenters. The first-order valence-electron chi connectivity index (χ1n) is 5.87. The number of carbonyl (C=O) groups is 1. The van der Waals surface area contributed by atoms with E-state index in [-0.39, 0.29) is 11.9 Å². The molecule has 6 heteroatoms. The molecule has 0 aliphatic carbocycles. The number of hydrogen-bond acceptors (Lipinski definition) is 4. The van der Waals surface area contributed by atoms with Crippen molar-refractivity contribution in [1.29, 1.82) is 0 Å². The number of morpholine rings is 1. The third-order valence-electron chi connectivity index (χ3n) is 3.05. The van der Waals surface area contributed by atoms with Gasteiger partial charge in [-0.25, -0.2) is 0 Å². The van der Waals surface area contributed by atoms with Gasteiger partial charge >= 0.3 is 0 Å². The van der Waals surface area contributed by atoms with E-state index in [2.05, 4.69) is 0 Å². The second-order valence-electron chi connectivity index (χ2n) is 4.31. The lowest BCUT2D eigenvalue weighted by atomic mass is 10.2. The average Bonchev–Trinajstić information content (AvgIpc) is 2.35. The van der Waals surface area contributed by atoms with Crippen LogP contribution in [0.5, 0.6) is 0 Å². The summed E-state index contributed by atoms with van der Waals surface area (Å²) in [4.78, 5) is 16.5. The Morgan fingerprint density at radius 3 is 2.65 bits per heavy atom. The third kappa shape index (κ3) is 4.57. The van der Waals surface area contributed by atoms with E-state index in [1.807, 2.05) is 23.8 Å². The molecule has 2 N–H and O–H groups in total. The number of hydrogen-bond donors (Lipinski definition) is 1. The van der Waals surface area contributed by atoms with E-state index in [1.165, 1.54) is 0 Å². The van der Waals surface area contributed by atoms with Gasteiger partial charge in [0.1, 0.15) is 0 Å². The summed E-state index contributed by atoms with van der Waals surface area (Å²) < 4.78 is 5.23. The minimum atomic E-state index is -0.137. The maximum Gasteiger partial charge on any atom is 0.239 e. The highest BCUT2D eigenvalue weighted by molar-refractivity contribution is 7.80. The Bertz CT molecular complexity index is 280. The van der Waals surface area contributed by atoms with Gasteiger partial charge in [-0.05, 0) is 14.0 Å². The molecule has 0 aromatic carbocycles. The second-order valence-corrected chi connectivity index (χ2v) is 4.83. The quantitative estimate of drug-likeness (QED) is 0.695. The minimum absolute atomic E-state index is 0.137. The monoisotopic (exact) mass is 259 g/mol. The number of thiocarbonyl (C=S) groups is 1. The highest BCUT2D eigenvalue weighted by atomic mass is 32.1. The van der Waals surface area contributed by atoms with E-state index in [9.17, 15) is 4.79 Å². The van der Waals surface area contributed by atoms with Crippen molar-refractivity contribution >= 4 is 23.1 Å². The van der Waals surface area contributed by atoms with Gasteiger partial charge in [-0.2, -0.15) is 0 Å². The molecule has 0 saturated carbocycles. The average molecular weight is 259 g/mol. The van der Waals surface area contributed by atoms with E-state index in [0.717, 1.165) is 0 Å². The molecule has 0 bridgehead atoms. The maximum atomic E-state index is 12.1. The molecule has 0 spiro atoms. The molecule has 1 fully saturated rings. The molecule has 98 valence electrons. The van der Waals surface area contributed by atoms with Crippen molar-refractivity contribution in [1.82, 2.24) is 9.80 Å². The predicted octanol–water partition coefficient (Wildman–Crippen LogP) is -0.158. The smallest absolute Gasteiger partial charge is 0.239 e. The number of nitrogens with two attached hydrogens (primary N) is 1. The first-order valence-corrected chi connectivity index (χ1v) is 6.28. The number of rotatable bonds is 5. The van der Waals surface area contributed by atoms with Crippen LogP contribution in [0.4, 0.5) is 0 Å². The Morgan fingerprint density at radius 2 is 2.12 bits per heavy atom. The van der Waals surface area contributed by atoms with Crippen molar-refractivity contribution in [2.45, 2.75) is 19.4 Å². The van der Waals surface area contributed by atoms with Crippen molar-refractivity contribution in [2.24, 2.45) is 5.73 Å². The van der Waals surface area contributed by atoms with Crippen molar-refractivity contribution in [3.63, 3.8) is 0 Å². The van der Waals surface area contributed by atoms with Crippen LogP contribution in [-0.4, -0.2) is 66.6 Å². The molecule has 0 aromatic heterocycles. The lowest BCUT2D eigenvalue weighted by Gasteiger charge is -2.32. The molecule has 5 nitrogen and oxygen atoms in total. The molecular formula is C11H21N3O2S. The number of ether oxygens (including phenoxy) is 1. The first-order chi connectivity index (χ1) is 8.02. The van der Waals surface area contributed by atoms with Crippen LogP contribution in [-0.2, 0) is 9.53 Å². The summed E-state index contributed by atoms with van der Waals surface area (Å²) in [5, 5.41) is 0. The second kappa shape index (κ2) is 6.88. The van der Waals surface area contributed by atoms with E-state index < -0.39 is 0 Å². The molecule has 0 radical (unpaired) electrons. The first kappa shape index (κ1) is 14.3. The molecule has 0 aromatic rings. The molecule has 1 amide bonds. The van der Waals surface area contributed by atoms with Gasteiger partial charge in [-0.3, -0.25) is 9.69 Å². The van der Waals surface area contributed by atoms with Gasteiger partial charge in [0, 0.05) is 26.1 Å². The predicted molar refractivity (Wildman–Crippen MR) is 70.9 cm³/mol. The normalized spacial score (nSPS) is 18.2. The Morgan fingerprint density at radius 1 is 1.53 bits per heavy atom. The fourth-order valence-corrected chi connectivity index (χ4v) is 1.81. The van der Waals surface area contributed by atoms with Crippen LogP contribution in [0.1, 0.15) is 13.3 Å². The van der Waals surface area contributed by atoms with E-state index in [4.69, 9.17) is 22.7 Å². The molecule has 1 rings (SSSR count).